The summed E-state index contributed by atoms with van der Waals surface area (Å²) >= 11 is 0. The van der Waals surface area contributed by atoms with Crippen LogP contribution in [0.4, 0.5) is 13.2 Å². The van der Waals surface area contributed by atoms with E-state index in [0.29, 0.717) is 0 Å². The highest BCUT2D eigenvalue weighted by molar-refractivity contribution is 5.94. The van der Waals surface area contributed by atoms with E-state index >= 15 is 0 Å². The molecule has 0 atom stereocenters. The Balaban J connectivity index is 2.67. The number of carboxylic acids is 1. The summed E-state index contributed by atoms with van der Waals surface area (Å²) in [6.07, 6.45) is -3.60. The summed E-state index contributed by atoms with van der Waals surface area (Å²) in [4.78, 5) is 25.0. The lowest BCUT2D eigenvalue weighted by atomic mass is 10.2. The van der Waals surface area contributed by atoms with Gasteiger partial charge in [0.2, 0.25) is 0 Å². The zero-order valence-corrected chi connectivity index (χ0v) is 8.28. The summed E-state index contributed by atoms with van der Waals surface area (Å²) in [5.41, 5.74) is -0.434. The SMILES string of the molecule is O=C(NCC(F)(F)F)c1ccc(C(=O)O)nc1. The maximum Gasteiger partial charge on any atom is 0.405 e. The largest absolute Gasteiger partial charge is 0.477 e. The molecule has 0 saturated carbocycles. The van der Waals surface area contributed by atoms with Crippen LogP contribution in [0.3, 0.4) is 0 Å². The first kappa shape index (κ1) is 12.9. The van der Waals surface area contributed by atoms with Gasteiger partial charge in [0.05, 0.1) is 5.56 Å². The van der Waals surface area contributed by atoms with Crippen molar-refractivity contribution >= 4 is 11.9 Å². The number of hydrogen-bond donors (Lipinski definition) is 2. The molecule has 0 saturated heterocycles. The molecule has 8 heteroatoms. The van der Waals surface area contributed by atoms with E-state index in [-0.39, 0.29) is 11.3 Å². The minimum absolute atomic E-state index is 0.140. The molecule has 0 aliphatic rings. The number of nitrogens with zero attached hydrogens (tertiary/aromatic N) is 1. The van der Waals surface area contributed by atoms with Crippen molar-refractivity contribution in [1.29, 1.82) is 0 Å². The molecule has 1 rings (SSSR count). The van der Waals surface area contributed by atoms with Crippen molar-refractivity contribution in [3.63, 3.8) is 0 Å². The van der Waals surface area contributed by atoms with Gasteiger partial charge in [-0.25, -0.2) is 9.78 Å². The third-order valence-electron chi connectivity index (χ3n) is 1.69. The number of aromatic carboxylic acids is 1. The zero-order valence-electron chi connectivity index (χ0n) is 8.28. The van der Waals surface area contributed by atoms with E-state index < -0.39 is 24.6 Å². The number of hydrogen-bond acceptors (Lipinski definition) is 3. The molecule has 0 aliphatic heterocycles. The van der Waals surface area contributed by atoms with Crippen LogP contribution >= 0.6 is 0 Å². The second-order valence-electron chi connectivity index (χ2n) is 3.04. The Morgan fingerprint density at radius 2 is 2.00 bits per heavy atom. The molecule has 0 radical (unpaired) electrons. The molecule has 92 valence electrons. The van der Waals surface area contributed by atoms with E-state index in [1.807, 2.05) is 0 Å². The number of carboxylic acid groups (broad SMARTS) is 1. The Morgan fingerprint density at radius 1 is 1.35 bits per heavy atom. The van der Waals surface area contributed by atoms with Gasteiger partial charge in [-0.3, -0.25) is 4.79 Å². The fourth-order valence-electron chi connectivity index (χ4n) is 0.937. The van der Waals surface area contributed by atoms with Crippen molar-refractivity contribution in [3.8, 4) is 0 Å². The lowest BCUT2D eigenvalue weighted by molar-refractivity contribution is -0.123. The van der Waals surface area contributed by atoms with E-state index in [1.165, 1.54) is 0 Å². The predicted octanol–water partition coefficient (Wildman–Crippen LogP) is 1.07. The first-order chi connectivity index (χ1) is 7.79. The Labute approximate surface area is 93.3 Å². The summed E-state index contributed by atoms with van der Waals surface area (Å²) in [5, 5.41) is 10.1. The number of carbonyl (C=O) groups excluding carboxylic acids is 1. The Kier molecular flexibility index (Phi) is 3.66. The number of pyridine rings is 1. The summed E-state index contributed by atoms with van der Waals surface area (Å²) in [5.74, 6) is -2.25. The highest BCUT2D eigenvalue weighted by Gasteiger charge is 2.27. The molecule has 0 spiro atoms. The van der Waals surface area contributed by atoms with Crippen LogP contribution in [-0.4, -0.2) is 34.7 Å². The molecule has 1 aromatic heterocycles. The highest BCUT2D eigenvalue weighted by Crippen LogP contribution is 2.12. The Hall–Kier alpha value is -2.12. The molecule has 17 heavy (non-hydrogen) atoms. The lowest BCUT2D eigenvalue weighted by Crippen LogP contribution is -2.33. The van der Waals surface area contributed by atoms with E-state index in [9.17, 15) is 22.8 Å². The number of amides is 1. The van der Waals surface area contributed by atoms with Gasteiger partial charge in [0.1, 0.15) is 12.2 Å². The van der Waals surface area contributed by atoms with Gasteiger partial charge in [-0.2, -0.15) is 13.2 Å². The Morgan fingerprint density at radius 3 is 2.41 bits per heavy atom. The van der Waals surface area contributed by atoms with Crippen LogP contribution in [0.2, 0.25) is 0 Å². The van der Waals surface area contributed by atoms with Gasteiger partial charge < -0.3 is 10.4 Å². The number of rotatable bonds is 3. The first-order valence-electron chi connectivity index (χ1n) is 4.34. The van der Waals surface area contributed by atoms with Crippen LogP contribution in [0.15, 0.2) is 18.3 Å². The average molecular weight is 248 g/mol. The van der Waals surface area contributed by atoms with Crippen LogP contribution in [0.25, 0.3) is 0 Å². The molecule has 0 aliphatic carbocycles. The molecule has 0 aromatic carbocycles. The number of nitrogens with one attached hydrogen (secondary N) is 1. The maximum absolute atomic E-state index is 11.8. The summed E-state index contributed by atoms with van der Waals surface area (Å²) < 4.78 is 35.4. The van der Waals surface area contributed by atoms with Gasteiger partial charge in [-0.15, -0.1) is 0 Å². The standard InChI is InChI=1S/C9H7F3N2O3/c10-9(11,12)4-14-7(15)5-1-2-6(8(16)17)13-3-5/h1-3H,4H2,(H,14,15)(H,16,17). The van der Waals surface area contributed by atoms with Crippen LogP contribution < -0.4 is 5.32 Å². The van der Waals surface area contributed by atoms with E-state index in [4.69, 9.17) is 5.11 Å². The summed E-state index contributed by atoms with van der Waals surface area (Å²) in [6.45, 7) is -1.45. The monoisotopic (exact) mass is 248 g/mol. The fraction of sp³-hybridized carbons (Fsp3) is 0.222. The van der Waals surface area contributed by atoms with Crippen molar-refractivity contribution in [2.24, 2.45) is 0 Å². The highest BCUT2D eigenvalue weighted by atomic mass is 19.4. The molecule has 0 bridgehead atoms. The van der Waals surface area contributed by atoms with Gasteiger partial charge in [0.25, 0.3) is 5.91 Å². The van der Waals surface area contributed by atoms with E-state index in [2.05, 4.69) is 4.98 Å². The van der Waals surface area contributed by atoms with Crippen molar-refractivity contribution in [2.75, 3.05) is 6.54 Å². The molecule has 1 aromatic rings. The molecule has 0 fully saturated rings. The molecular weight excluding hydrogens is 241 g/mol. The number of aromatic nitrogens is 1. The van der Waals surface area contributed by atoms with Crippen molar-refractivity contribution in [2.45, 2.75) is 6.18 Å². The minimum atomic E-state index is -4.50. The average Bonchev–Trinajstić information content (AvgIpc) is 2.25. The predicted molar refractivity (Wildman–Crippen MR) is 49.6 cm³/mol. The lowest BCUT2D eigenvalue weighted by Gasteiger charge is -2.07. The first-order valence-corrected chi connectivity index (χ1v) is 4.34. The van der Waals surface area contributed by atoms with Crippen LogP contribution in [0, 0.1) is 0 Å². The van der Waals surface area contributed by atoms with Crippen LogP contribution in [0.5, 0.6) is 0 Å². The van der Waals surface area contributed by atoms with Gasteiger partial charge in [-0.05, 0) is 12.1 Å². The molecule has 2 N–H and O–H groups in total. The van der Waals surface area contributed by atoms with E-state index in [0.717, 1.165) is 18.3 Å². The second kappa shape index (κ2) is 4.81. The quantitative estimate of drug-likeness (QED) is 0.838. The third-order valence-corrected chi connectivity index (χ3v) is 1.69. The van der Waals surface area contributed by atoms with Crippen molar-refractivity contribution < 1.29 is 27.9 Å². The number of halogens is 3. The van der Waals surface area contributed by atoms with Gasteiger partial charge in [0, 0.05) is 6.20 Å². The molecular formula is C9H7F3N2O3. The topological polar surface area (TPSA) is 79.3 Å². The second-order valence-corrected chi connectivity index (χ2v) is 3.04. The third kappa shape index (κ3) is 4.09. The zero-order chi connectivity index (χ0) is 13.1. The molecule has 0 unspecified atom stereocenters. The van der Waals surface area contributed by atoms with Crippen LogP contribution in [0.1, 0.15) is 20.8 Å². The normalized spacial score (nSPS) is 11.0. The minimum Gasteiger partial charge on any atom is -0.477 e. The van der Waals surface area contributed by atoms with E-state index in [1.54, 1.807) is 5.32 Å². The summed E-state index contributed by atoms with van der Waals surface area (Å²) in [6, 6.07) is 2.12. The molecule has 1 amide bonds. The van der Waals surface area contributed by atoms with Crippen molar-refractivity contribution in [3.05, 3.63) is 29.6 Å². The maximum atomic E-state index is 11.8. The number of carbonyl (C=O) groups is 2. The van der Waals surface area contributed by atoms with Gasteiger partial charge in [-0.1, -0.05) is 0 Å². The smallest absolute Gasteiger partial charge is 0.405 e. The summed E-state index contributed by atoms with van der Waals surface area (Å²) in [7, 11) is 0. The Bertz CT molecular complexity index is 428. The molecule has 1 heterocycles. The van der Waals surface area contributed by atoms with Gasteiger partial charge in [0.15, 0.2) is 0 Å². The fourth-order valence-corrected chi connectivity index (χ4v) is 0.937. The van der Waals surface area contributed by atoms with Crippen LogP contribution in [-0.2, 0) is 0 Å². The van der Waals surface area contributed by atoms with Gasteiger partial charge >= 0.3 is 12.1 Å². The molecule has 5 nitrogen and oxygen atoms in total. The van der Waals surface area contributed by atoms with Crippen molar-refractivity contribution in [1.82, 2.24) is 10.3 Å². The number of alkyl halides is 3.